The van der Waals surface area contributed by atoms with Crippen molar-refractivity contribution in [2.45, 2.75) is 32.6 Å². The highest BCUT2D eigenvalue weighted by atomic mass is 19.1. The van der Waals surface area contributed by atoms with Crippen molar-refractivity contribution in [3.8, 4) is 11.1 Å². The maximum absolute atomic E-state index is 14.6. The van der Waals surface area contributed by atoms with E-state index in [-0.39, 0.29) is 18.1 Å². The van der Waals surface area contributed by atoms with Gasteiger partial charge >= 0.3 is 0 Å². The number of hydrogen-bond acceptors (Lipinski definition) is 4. The average Bonchev–Trinajstić information content (AvgIpc) is 3.44. The predicted octanol–water partition coefficient (Wildman–Crippen LogP) is 6.32. The molecule has 2 aliphatic rings. The molecule has 0 saturated carbocycles. The number of aryl methyl sites for hydroxylation is 2. The van der Waals surface area contributed by atoms with E-state index in [0.717, 1.165) is 50.7 Å². The SMILES string of the molecule is C=Cc1cc2c(cc1-c1ccc(F)cc1F)C1OC2c2cc(C(=O)NCc3c(C)cc(N)nc3C)ccc21. The number of carbonyl (C=O) groups excluding carboxylic acids is 1. The van der Waals surface area contributed by atoms with Gasteiger partial charge < -0.3 is 15.8 Å². The van der Waals surface area contributed by atoms with Crippen LogP contribution in [0.5, 0.6) is 0 Å². The minimum atomic E-state index is -0.631. The van der Waals surface area contributed by atoms with E-state index in [9.17, 15) is 13.6 Å². The largest absolute Gasteiger partial charge is 0.384 e. The lowest BCUT2D eigenvalue weighted by atomic mass is 9.82. The Bertz CT molecular complexity index is 1640. The summed E-state index contributed by atoms with van der Waals surface area (Å²) in [4.78, 5) is 17.3. The van der Waals surface area contributed by atoms with Crippen molar-refractivity contribution < 1.29 is 18.3 Å². The number of hydrogen-bond donors (Lipinski definition) is 2. The second kappa shape index (κ2) is 8.89. The number of nitrogens with two attached hydrogens (primary N) is 1. The molecule has 0 fully saturated rings. The number of benzene rings is 3. The van der Waals surface area contributed by atoms with E-state index < -0.39 is 11.6 Å². The van der Waals surface area contributed by atoms with Crippen LogP contribution in [0.3, 0.4) is 0 Å². The number of halogens is 2. The quantitative estimate of drug-likeness (QED) is 0.330. The molecule has 7 heteroatoms. The molecule has 6 rings (SSSR count). The van der Waals surface area contributed by atoms with E-state index in [4.69, 9.17) is 10.5 Å². The zero-order valence-corrected chi connectivity index (χ0v) is 20.9. The number of aromatic nitrogens is 1. The standard InChI is InChI=1S/C31H25F2N3O2/c1-4-17-10-24-25(13-22(17)20-8-6-19(32)12-27(20)33)29-21-7-5-18(11-23(21)30(24)38-29)31(37)35-14-26-15(2)9-28(34)36-16(26)3/h4-13,29-30H,1,14H2,2-3H3,(H2,34,36)(H,35,37). The van der Waals surface area contributed by atoms with Gasteiger partial charge in [-0.15, -0.1) is 0 Å². The van der Waals surface area contributed by atoms with Crippen molar-refractivity contribution in [2.24, 2.45) is 0 Å². The first-order chi connectivity index (χ1) is 18.2. The minimum absolute atomic E-state index is 0.194. The van der Waals surface area contributed by atoms with Gasteiger partial charge in [0.2, 0.25) is 0 Å². The van der Waals surface area contributed by atoms with Crippen LogP contribution in [0.2, 0.25) is 0 Å². The van der Waals surface area contributed by atoms with Crippen LogP contribution in [0.15, 0.2) is 61.2 Å². The number of ether oxygens (including phenoxy) is 1. The molecule has 2 aliphatic heterocycles. The fourth-order valence-electron chi connectivity index (χ4n) is 5.59. The van der Waals surface area contributed by atoms with Gasteiger partial charge in [0.05, 0.1) is 0 Å². The van der Waals surface area contributed by atoms with Gasteiger partial charge in [-0.05, 0) is 101 Å². The van der Waals surface area contributed by atoms with Gasteiger partial charge in [-0.2, -0.15) is 0 Å². The molecule has 0 aliphatic carbocycles. The molecular weight excluding hydrogens is 484 g/mol. The minimum Gasteiger partial charge on any atom is -0.384 e. The van der Waals surface area contributed by atoms with E-state index in [1.54, 1.807) is 18.2 Å². The fourth-order valence-corrected chi connectivity index (χ4v) is 5.59. The zero-order chi connectivity index (χ0) is 26.7. The Morgan fingerprint density at radius 1 is 1.00 bits per heavy atom. The molecule has 2 unspecified atom stereocenters. The molecule has 2 atom stereocenters. The Morgan fingerprint density at radius 3 is 2.47 bits per heavy atom. The van der Waals surface area contributed by atoms with E-state index >= 15 is 0 Å². The highest BCUT2D eigenvalue weighted by Gasteiger charge is 2.43. The van der Waals surface area contributed by atoms with Crippen molar-refractivity contribution in [1.82, 2.24) is 10.3 Å². The summed E-state index contributed by atoms with van der Waals surface area (Å²) in [5, 5.41) is 2.99. The topological polar surface area (TPSA) is 77.2 Å². The first-order valence-electron chi connectivity index (χ1n) is 12.3. The van der Waals surface area contributed by atoms with Gasteiger partial charge in [0.1, 0.15) is 29.7 Å². The summed E-state index contributed by atoms with van der Waals surface area (Å²) >= 11 is 0. The van der Waals surface area contributed by atoms with E-state index in [0.29, 0.717) is 29.1 Å². The Labute approximate surface area is 219 Å². The molecule has 0 spiro atoms. The third-order valence-corrected chi connectivity index (χ3v) is 7.45. The van der Waals surface area contributed by atoms with Crippen LogP contribution in [-0.2, 0) is 11.3 Å². The van der Waals surface area contributed by atoms with Gasteiger partial charge in [0, 0.05) is 29.4 Å². The highest BCUT2D eigenvalue weighted by molar-refractivity contribution is 5.94. The molecule has 38 heavy (non-hydrogen) atoms. The molecule has 5 nitrogen and oxygen atoms in total. The first-order valence-corrected chi connectivity index (χ1v) is 12.3. The number of rotatable bonds is 5. The molecule has 3 heterocycles. The van der Waals surface area contributed by atoms with E-state index in [1.807, 2.05) is 38.1 Å². The van der Waals surface area contributed by atoms with E-state index in [2.05, 4.69) is 16.9 Å². The van der Waals surface area contributed by atoms with Crippen LogP contribution >= 0.6 is 0 Å². The molecule has 3 N–H and O–H groups in total. The van der Waals surface area contributed by atoms with Gasteiger partial charge in [0.25, 0.3) is 5.91 Å². The van der Waals surface area contributed by atoms with E-state index in [1.165, 1.54) is 12.1 Å². The summed E-state index contributed by atoms with van der Waals surface area (Å²) in [5.41, 5.74) is 14.5. The molecular formula is C31H25F2N3O2. The summed E-state index contributed by atoms with van der Waals surface area (Å²) < 4.78 is 34.5. The number of amides is 1. The monoisotopic (exact) mass is 509 g/mol. The van der Waals surface area contributed by atoms with Crippen LogP contribution in [-0.4, -0.2) is 10.9 Å². The van der Waals surface area contributed by atoms with Crippen LogP contribution in [0.25, 0.3) is 17.2 Å². The van der Waals surface area contributed by atoms with Crippen molar-refractivity contribution in [1.29, 1.82) is 0 Å². The Morgan fingerprint density at radius 2 is 1.74 bits per heavy atom. The highest BCUT2D eigenvalue weighted by Crippen LogP contribution is 2.55. The maximum Gasteiger partial charge on any atom is 0.251 e. The molecule has 2 bridgehead atoms. The lowest BCUT2D eigenvalue weighted by Gasteiger charge is -2.20. The fraction of sp³-hybridized carbons (Fsp3) is 0.161. The molecule has 4 aromatic rings. The number of pyridine rings is 1. The number of fused-ring (bicyclic) bond motifs is 8. The van der Waals surface area contributed by atoms with Crippen LogP contribution < -0.4 is 11.1 Å². The number of carbonyl (C=O) groups is 1. The number of anilines is 1. The average molecular weight is 510 g/mol. The Hall–Kier alpha value is -4.36. The summed E-state index contributed by atoms with van der Waals surface area (Å²) in [6.07, 6.45) is 0.995. The summed E-state index contributed by atoms with van der Waals surface area (Å²) in [6, 6.07) is 14.8. The van der Waals surface area contributed by atoms with Crippen molar-refractivity contribution in [3.63, 3.8) is 0 Å². The zero-order valence-electron chi connectivity index (χ0n) is 20.9. The normalized spacial score (nSPS) is 16.7. The van der Waals surface area contributed by atoms with Gasteiger partial charge in [0.15, 0.2) is 0 Å². The lowest BCUT2D eigenvalue weighted by Crippen LogP contribution is -2.24. The first kappa shape index (κ1) is 24.0. The van der Waals surface area contributed by atoms with Gasteiger partial charge in [-0.25, -0.2) is 13.8 Å². The molecule has 1 aromatic heterocycles. The molecule has 0 saturated heterocycles. The molecule has 1 amide bonds. The number of nitrogens with one attached hydrogen (secondary N) is 1. The van der Waals surface area contributed by atoms with Crippen molar-refractivity contribution in [3.05, 3.63) is 123 Å². The van der Waals surface area contributed by atoms with Crippen LogP contribution in [0.1, 0.15) is 67.2 Å². The summed E-state index contributed by atoms with van der Waals surface area (Å²) in [6.45, 7) is 8.06. The van der Waals surface area contributed by atoms with Gasteiger partial charge in [-0.3, -0.25) is 4.79 Å². The maximum atomic E-state index is 14.6. The van der Waals surface area contributed by atoms with Crippen molar-refractivity contribution >= 4 is 17.8 Å². The summed E-state index contributed by atoms with van der Waals surface area (Å²) in [7, 11) is 0. The van der Waals surface area contributed by atoms with Crippen molar-refractivity contribution in [2.75, 3.05) is 5.73 Å². The third-order valence-electron chi connectivity index (χ3n) is 7.45. The second-order valence-corrected chi connectivity index (χ2v) is 9.75. The van der Waals surface area contributed by atoms with Gasteiger partial charge in [-0.1, -0.05) is 18.7 Å². The number of nitrogens with zero attached hydrogens (tertiary/aromatic N) is 1. The molecule has 190 valence electrons. The molecule has 0 radical (unpaired) electrons. The Kier molecular flexibility index (Phi) is 5.61. The number of nitrogen functional groups attached to an aromatic ring is 1. The Balaban J connectivity index is 1.30. The second-order valence-electron chi connectivity index (χ2n) is 9.75. The lowest BCUT2D eigenvalue weighted by molar-refractivity contribution is 0.0857. The van der Waals surface area contributed by atoms with Crippen LogP contribution in [0.4, 0.5) is 14.6 Å². The molecule has 3 aromatic carbocycles. The smallest absolute Gasteiger partial charge is 0.251 e. The summed E-state index contributed by atoms with van der Waals surface area (Å²) in [5.74, 6) is -0.994. The third kappa shape index (κ3) is 3.78. The predicted molar refractivity (Wildman–Crippen MR) is 142 cm³/mol. The van der Waals surface area contributed by atoms with Crippen LogP contribution in [0, 0.1) is 25.5 Å².